The van der Waals surface area contributed by atoms with E-state index in [9.17, 15) is 28.0 Å². The van der Waals surface area contributed by atoms with Crippen molar-refractivity contribution in [3.63, 3.8) is 0 Å². The zero-order valence-corrected chi connectivity index (χ0v) is 42.2. The minimum absolute atomic E-state index is 0.0575. The monoisotopic (exact) mass is 1000 g/mol. The fourth-order valence-corrected chi connectivity index (χ4v) is 8.95. The predicted molar refractivity (Wildman–Crippen MR) is 269 cm³/mol. The second kappa shape index (κ2) is 26.6. The lowest BCUT2D eigenvalue weighted by atomic mass is 9.83. The zero-order chi connectivity index (χ0) is 50.8. The SMILES string of the molecule is COCCOCCOCC[N+](CCOCCOCCOC)=c1ccc2c(-c3ccccc3)c(C)c(C=CC=C3N(CCCCCC(=O)On4c(O)ccc4O)c4ccc(S(=O)(=O)O)cc4C3(C)C)oc-2c1. The lowest BCUT2D eigenvalue weighted by Crippen LogP contribution is -2.36. The van der Waals surface area contributed by atoms with Crippen molar-refractivity contribution in [1.82, 2.24) is 9.31 Å². The Balaban J connectivity index is 1.30. The number of carbonyl (C=O) groups excluding carboxylic acids is 1. The van der Waals surface area contributed by atoms with Crippen LogP contribution in [0, 0.1) is 6.92 Å². The van der Waals surface area contributed by atoms with E-state index >= 15 is 0 Å². The number of nitrogens with zero attached hydrogens (tertiary/aromatic N) is 3. The van der Waals surface area contributed by atoms with Crippen LogP contribution in [-0.2, 0) is 48.7 Å². The average molecular weight is 1000 g/mol. The quantitative estimate of drug-likeness (QED) is 0.0255. The van der Waals surface area contributed by atoms with Gasteiger partial charge in [-0.3, -0.25) is 4.55 Å². The molecule has 3 aliphatic rings. The molecule has 0 saturated carbocycles. The van der Waals surface area contributed by atoms with E-state index in [1.54, 1.807) is 20.3 Å². The van der Waals surface area contributed by atoms with Crippen molar-refractivity contribution in [2.45, 2.75) is 56.8 Å². The molecular weight excluding hydrogens is 935 g/mol. The van der Waals surface area contributed by atoms with Gasteiger partial charge >= 0.3 is 5.97 Å². The van der Waals surface area contributed by atoms with Crippen molar-refractivity contribution >= 4 is 27.9 Å². The normalized spacial score (nSPS) is 14.0. The first kappa shape index (κ1) is 54.5. The summed E-state index contributed by atoms with van der Waals surface area (Å²) in [4.78, 5) is 19.6. The van der Waals surface area contributed by atoms with Crippen molar-refractivity contribution in [2.75, 3.05) is 105 Å². The van der Waals surface area contributed by atoms with Gasteiger partial charge < -0.3 is 52.8 Å². The summed E-state index contributed by atoms with van der Waals surface area (Å²) >= 11 is 0. The van der Waals surface area contributed by atoms with E-state index in [0.717, 1.165) is 44.6 Å². The van der Waals surface area contributed by atoms with Gasteiger partial charge in [0.2, 0.25) is 17.1 Å². The Kier molecular flexibility index (Phi) is 20.4. The topological polar surface area (TPSA) is 201 Å². The lowest BCUT2D eigenvalue weighted by Gasteiger charge is -2.27. The smallest absolute Gasteiger partial charge is 0.333 e. The third kappa shape index (κ3) is 14.9. The van der Waals surface area contributed by atoms with E-state index in [0.29, 0.717) is 121 Å². The van der Waals surface area contributed by atoms with Gasteiger partial charge in [-0.15, -0.1) is 4.73 Å². The number of fused-ring (bicyclic) bond motifs is 2. The fourth-order valence-electron chi connectivity index (χ4n) is 8.44. The van der Waals surface area contributed by atoms with Crippen LogP contribution in [0.1, 0.15) is 56.4 Å². The first-order valence-electron chi connectivity index (χ1n) is 23.8. The van der Waals surface area contributed by atoms with Crippen LogP contribution in [0.2, 0.25) is 0 Å². The Morgan fingerprint density at radius 1 is 0.761 bits per heavy atom. The van der Waals surface area contributed by atoms with E-state index in [1.807, 2.05) is 57.2 Å². The number of anilines is 1. The van der Waals surface area contributed by atoms with Gasteiger partial charge in [0.1, 0.15) is 24.7 Å². The van der Waals surface area contributed by atoms with Gasteiger partial charge in [-0.25, -0.2) is 9.37 Å². The van der Waals surface area contributed by atoms with Crippen molar-refractivity contribution < 1.29 is 65.7 Å². The molecule has 6 rings (SSSR count). The Labute approximate surface area is 416 Å². The van der Waals surface area contributed by atoms with Crippen molar-refractivity contribution in [3.8, 4) is 34.2 Å². The van der Waals surface area contributed by atoms with Gasteiger partial charge in [-0.1, -0.05) is 56.7 Å². The van der Waals surface area contributed by atoms with Gasteiger partial charge in [0.05, 0.1) is 63.8 Å². The molecule has 3 N–H and O–H groups in total. The number of hydrogen-bond acceptors (Lipinski definition) is 14. The molecule has 0 radical (unpaired) electrons. The van der Waals surface area contributed by atoms with Gasteiger partial charge in [0, 0.05) is 73.3 Å². The van der Waals surface area contributed by atoms with Crippen LogP contribution in [0.4, 0.5) is 5.69 Å². The summed E-state index contributed by atoms with van der Waals surface area (Å²) in [6, 6.07) is 23.5. The Hall–Kier alpha value is -5.83. The molecule has 3 heterocycles. The van der Waals surface area contributed by atoms with Crippen molar-refractivity contribution in [2.24, 2.45) is 0 Å². The van der Waals surface area contributed by atoms with Crippen LogP contribution in [0.5, 0.6) is 11.8 Å². The third-order valence-electron chi connectivity index (χ3n) is 12.2. The predicted octanol–water partition coefficient (Wildman–Crippen LogP) is 6.86. The van der Waals surface area contributed by atoms with Crippen LogP contribution in [-0.4, -0.2) is 134 Å². The van der Waals surface area contributed by atoms with Crippen molar-refractivity contribution in [3.05, 3.63) is 119 Å². The number of carbonyl (C=O) groups is 1. The van der Waals surface area contributed by atoms with E-state index in [2.05, 4.69) is 39.8 Å². The molecule has 0 bridgehead atoms. The molecule has 17 nitrogen and oxygen atoms in total. The molecule has 384 valence electrons. The molecule has 18 heteroatoms. The van der Waals surface area contributed by atoms with Crippen LogP contribution in [0.25, 0.3) is 28.5 Å². The highest BCUT2D eigenvalue weighted by molar-refractivity contribution is 7.85. The average Bonchev–Trinajstić information content (AvgIpc) is 3.77. The minimum atomic E-state index is -4.47. The summed E-state index contributed by atoms with van der Waals surface area (Å²) in [6.45, 7) is 12.6. The summed E-state index contributed by atoms with van der Waals surface area (Å²) in [7, 11) is -1.20. The third-order valence-corrected chi connectivity index (χ3v) is 13.0. The molecule has 0 spiro atoms. The second-order valence-electron chi connectivity index (χ2n) is 17.4. The molecule has 2 aromatic carbocycles. The maximum absolute atomic E-state index is 12.5. The molecule has 2 aliphatic heterocycles. The van der Waals surface area contributed by atoms with E-state index in [4.69, 9.17) is 37.7 Å². The molecule has 3 aromatic rings. The number of aromatic nitrogens is 1. The summed E-state index contributed by atoms with van der Waals surface area (Å²) in [5.74, 6) is -0.0607. The molecule has 71 heavy (non-hydrogen) atoms. The number of ether oxygens (including phenoxy) is 6. The number of hydrogen-bond donors (Lipinski definition) is 3. The van der Waals surface area contributed by atoms with E-state index in [-0.39, 0.29) is 11.3 Å². The Bertz CT molecular complexity index is 2690. The van der Waals surface area contributed by atoms with Crippen LogP contribution >= 0.6 is 0 Å². The van der Waals surface area contributed by atoms with Gasteiger partial charge in [-0.2, -0.15) is 8.42 Å². The largest absolute Gasteiger partial charge is 0.492 e. The Morgan fingerprint density at radius 2 is 1.38 bits per heavy atom. The summed E-state index contributed by atoms with van der Waals surface area (Å²) in [5.41, 5.74) is 5.70. The van der Waals surface area contributed by atoms with Crippen molar-refractivity contribution in [1.29, 1.82) is 0 Å². The highest BCUT2D eigenvalue weighted by Crippen LogP contribution is 2.49. The lowest BCUT2D eigenvalue weighted by molar-refractivity contribution is -0.145. The molecule has 1 aliphatic carbocycles. The maximum atomic E-state index is 12.5. The molecular formula is C53H68N3O14S+. The van der Waals surface area contributed by atoms with Crippen LogP contribution < -0.4 is 19.7 Å². The minimum Gasteiger partial charge on any atom is -0.492 e. The number of allylic oxidation sites excluding steroid dienone is 3. The molecule has 0 unspecified atom stereocenters. The summed E-state index contributed by atoms with van der Waals surface area (Å²) in [6.07, 6.45) is 7.73. The number of rotatable bonds is 29. The first-order chi connectivity index (χ1) is 34.2. The van der Waals surface area contributed by atoms with Crippen LogP contribution in [0.3, 0.4) is 0 Å². The second-order valence-corrected chi connectivity index (χ2v) is 18.8. The van der Waals surface area contributed by atoms with E-state index < -0.39 is 33.3 Å². The molecule has 0 saturated heterocycles. The number of aromatic hydroxyl groups is 2. The standard InChI is InChI=1S/C53H67N3O14S/c1-39-46(15-12-16-48-53(2,3)44-38-42(71(60,61)62)19-21-45(44)55(48)24-11-7-10-17-51(59)70-56-49(57)22-23-50(56)58)69-47-37-41(18-20-43(47)52(39)40-13-8-6-9-14-40)54(25-27-65-33-35-67-31-29-63-4)26-28-66-34-36-68-32-30-64-5/h6,8-9,12-16,18-23,37-38H,7,10-11,17,24-36H2,1-5H3,(H2-,57,58,60,61,62)/p+1. The zero-order valence-electron chi connectivity index (χ0n) is 41.3. The first-order valence-corrected chi connectivity index (χ1v) is 25.3. The van der Waals surface area contributed by atoms with Crippen LogP contribution in [0.15, 0.2) is 106 Å². The molecule has 0 atom stereocenters. The van der Waals surface area contributed by atoms with E-state index in [1.165, 1.54) is 24.3 Å². The molecule has 1 aromatic heterocycles. The number of unbranched alkanes of at least 4 members (excludes halogenated alkanes) is 2. The molecule has 0 amide bonds. The molecule has 0 fully saturated rings. The number of methoxy groups -OCH3 is 2. The van der Waals surface area contributed by atoms with Gasteiger partial charge in [-0.05, 0) is 72.9 Å². The maximum Gasteiger partial charge on any atom is 0.333 e. The highest BCUT2D eigenvalue weighted by atomic mass is 32.2. The fraction of sp³-hybridized carbons (Fsp3) is 0.434. The summed E-state index contributed by atoms with van der Waals surface area (Å²) < 4.78 is 77.5. The number of benzene rings is 3. The Morgan fingerprint density at radius 3 is 2.00 bits per heavy atom. The van der Waals surface area contributed by atoms with Gasteiger partial charge in [0.25, 0.3) is 10.1 Å². The summed E-state index contributed by atoms with van der Waals surface area (Å²) in [5, 5.41) is 20.6. The highest BCUT2D eigenvalue weighted by Gasteiger charge is 2.40. The van der Waals surface area contributed by atoms with Gasteiger partial charge in [0.15, 0.2) is 13.1 Å².